The highest BCUT2D eigenvalue weighted by Gasteiger charge is 2.22. The van der Waals surface area contributed by atoms with E-state index < -0.39 is 11.8 Å². The van der Waals surface area contributed by atoms with Crippen molar-refractivity contribution >= 4 is 35.0 Å². The molecule has 10 heteroatoms. The monoisotopic (exact) mass is 526 g/mol. The molecule has 9 nitrogen and oxygen atoms in total. The van der Waals surface area contributed by atoms with Gasteiger partial charge in [0.05, 0.1) is 23.0 Å². The van der Waals surface area contributed by atoms with E-state index in [1.54, 1.807) is 78.3 Å². The third kappa shape index (κ3) is 5.88. The van der Waals surface area contributed by atoms with Crippen LogP contribution in [0.2, 0.25) is 5.02 Å². The quantitative estimate of drug-likeness (QED) is 0.315. The van der Waals surface area contributed by atoms with Crippen molar-refractivity contribution in [3.8, 4) is 23.0 Å². The first-order valence-corrected chi connectivity index (χ1v) is 12.0. The summed E-state index contributed by atoms with van der Waals surface area (Å²) < 4.78 is 1.65. The lowest BCUT2D eigenvalue weighted by molar-refractivity contribution is -0.117. The Morgan fingerprint density at radius 3 is 2.39 bits per heavy atom. The molecule has 0 spiro atoms. The molecule has 0 bridgehead atoms. The Balaban J connectivity index is 1.62. The van der Waals surface area contributed by atoms with Crippen molar-refractivity contribution in [1.82, 2.24) is 15.1 Å². The summed E-state index contributed by atoms with van der Waals surface area (Å²) in [6.07, 6.45) is 0.0463. The van der Waals surface area contributed by atoms with Gasteiger partial charge in [-0.15, -0.1) is 0 Å². The molecule has 0 atom stereocenters. The molecule has 3 amide bonds. The van der Waals surface area contributed by atoms with E-state index in [4.69, 9.17) is 17.3 Å². The molecule has 0 saturated carbocycles. The molecule has 4 rings (SSSR count). The number of nitrogens with zero attached hydrogens (tertiary/aromatic N) is 3. The lowest BCUT2D eigenvalue weighted by Crippen LogP contribution is -2.27. The van der Waals surface area contributed by atoms with Crippen LogP contribution in [0.1, 0.15) is 38.4 Å². The number of carbonyl (C=O) groups is 3. The molecule has 3 aromatic carbocycles. The summed E-state index contributed by atoms with van der Waals surface area (Å²) in [5.41, 5.74) is 9.32. The van der Waals surface area contributed by atoms with Crippen LogP contribution in [0.25, 0.3) is 16.9 Å². The molecule has 190 valence electrons. The van der Waals surface area contributed by atoms with Crippen LogP contribution < -0.4 is 16.4 Å². The fourth-order valence-electron chi connectivity index (χ4n) is 3.85. The average molecular weight is 527 g/mol. The molecule has 0 saturated heterocycles. The molecular weight excluding hydrogens is 504 g/mol. The van der Waals surface area contributed by atoms with Gasteiger partial charge >= 0.3 is 0 Å². The number of carbonyl (C=O) groups excluding carboxylic acids is 3. The predicted molar refractivity (Wildman–Crippen MR) is 144 cm³/mol. The van der Waals surface area contributed by atoms with E-state index in [0.717, 1.165) is 5.56 Å². The summed E-state index contributed by atoms with van der Waals surface area (Å²) in [4.78, 5) is 36.3. The van der Waals surface area contributed by atoms with E-state index in [1.807, 2.05) is 6.07 Å². The number of hydrogen-bond acceptors (Lipinski definition) is 5. The smallest absolute Gasteiger partial charge is 0.276 e. The van der Waals surface area contributed by atoms with Crippen LogP contribution in [0, 0.1) is 18.3 Å². The van der Waals surface area contributed by atoms with Gasteiger partial charge in [-0.2, -0.15) is 10.4 Å². The van der Waals surface area contributed by atoms with Crippen LogP contribution in [0.3, 0.4) is 0 Å². The summed E-state index contributed by atoms with van der Waals surface area (Å²) in [7, 11) is 0. The molecule has 0 aliphatic carbocycles. The molecular formula is C28H23ClN6O3. The van der Waals surface area contributed by atoms with E-state index in [1.165, 1.54) is 0 Å². The Kier molecular flexibility index (Phi) is 7.85. The van der Waals surface area contributed by atoms with Gasteiger partial charge in [-0.25, -0.2) is 4.68 Å². The first-order chi connectivity index (χ1) is 18.3. The zero-order chi connectivity index (χ0) is 27.2. The molecule has 38 heavy (non-hydrogen) atoms. The number of benzene rings is 3. The SMILES string of the molecule is Cc1c(C(=O)Nc2ccc(C(=O)NCCC(N)=O)cc2)nn(-c2ccc(Cl)cc2)c1-c1cccc(C#N)c1. The summed E-state index contributed by atoms with van der Waals surface area (Å²) in [6, 6.07) is 22.6. The van der Waals surface area contributed by atoms with Crippen LogP contribution in [0.4, 0.5) is 5.69 Å². The van der Waals surface area contributed by atoms with Crippen LogP contribution >= 0.6 is 11.6 Å². The highest BCUT2D eigenvalue weighted by molar-refractivity contribution is 6.30. The third-order valence-electron chi connectivity index (χ3n) is 5.74. The second-order valence-corrected chi connectivity index (χ2v) is 8.84. The predicted octanol–water partition coefficient (Wildman–Crippen LogP) is 4.23. The summed E-state index contributed by atoms with van der Waals surface area (Å²) in [5.74, 6) is -1.30. The number of nitriles is 1. The number of halogens is 1. The topological polar surface area (TPSA) is 143 Å². The fraction of sp³-hybridized carbons (Fsp3) is 0.107. The Labute approximate surface area is 223 Å². The minimum Gasteiger partial charge on any atom is -0.370 e. The molecule has 0 aliphatic heterocycles. The zero-order valence-corrected chi connectivity index (χ0v) is 21.1. The lowest BCUT2D eigenvalue weighted by Gasteiger charge is -2.09. The third-order valence-corrected chi connectivity index (χ3v) is 5.99. The largest absolute Gasteiger partial charge is 0.370 e. The number of rotatable bonds is 8. The van der Waals surface area contributed by atoms with E-state index in [2.05, 4.69) is 21.8 Å². The molecule has 0 radical (unpaired) electrons. The fourth-order valence-corrected chi connectivity index (χ4v) is 3.98. The second-order valence-electron chi connectivity index (χ2n) is 8.41. The van der Waals surface area contributed by atoms with Gasteiger partial charge in [0.15, 0.2) is 5.69 Å². The number of aromatic nitrogens is 2. The number of anilines is 1. The Hall–Kier alpha value is -4.94. The van der Waals surface area contributed by atoms with E-state index in [-0.39, 0.29) is 24.6 Å². The Morgan fingerprint density at radius 1 is 1.03 bits per heavy atom. The minimum absolute atomic E-state index is 0.0463. The molecule has 4 aromatic rings. The van der Waals surface area contributed by atoms with Crippen molar-refractivity contribution in [3.63, 3.8) is 0 Å². The lowest BCUT2D eigenvalue weighted by atomic mass is 10.0. The van der Waals surface area contributed by atoms with Gasteiger partial charge in [0.25, 0.3) is 11.8 Å². The molecule has 0 aliphatic rings. The Morgan fingerprint density at radius 2 is 1.74 bits per heavy atom. The summed E-state index contributed by atoms with van der Waals surface area (Å²) in [6.45, 7) is 1.93. The number of nitrogens with two attached hydrogens (primary N) is 1. The number of amides is 3. The second kappa shape index (κ2) is 11.4. The number of primary amides is 1. The maximum absolute atomic E-state index is 13.3. The van der Waals surface area contributed by atoms with Gasteiger partial charge in [-0.1, -0.05) is 23.7 Å². The molecule has 0 unspecified atom stereocenters. The average Bonchev–Trinajstić information content (AvgIpc) is 3.26. The van der Waals surface area contributed by atoms with Crippen molar-refractivity contribution in [2.24, 2.45) is 5.73 Å². The minimum atomic E-state index is -0.502. The van der Waals surface area contributed by atoms with Crippen molar-refractivity contribution in [2.75, 3.05) is 11.9 Å². The molecule has 1 heterocycles. The molecule has 1 aromatic heterocycles. The summed E-state index contributed by atoms with van der Waals surface area (Å²) >= 11 is 6.07. The van der Waals surface area contributed by atoms with Crippen LogP contribution in [-0.4, -0.2) is 34.0 Å². The standard InChI is InChI=1S/C28H23ClN6O3/c1-17-25(28(38)33-22-9-5-19(6-10-22)27(37)32-14-13-24(31)36)34-35(23-11-7-21(29)8-12-23)26(17)20-4-2-3-18(15-20)16-30/h2-12,15H,13-14H2,1H3,(H2,31,36)(H,32,37)(H,33,38). The van der Waals surface area contributed by atoms with Gasteiger partial charge in [0, 0.05) is 40.4 Å². The summed E-state index contributed by atoms with van der Waals surface area (Å²) in [5, 5.41) is 20.0. The van der Waals surface area contributed by atoms with Crippen LogP contribution in [0.5, 0.6) is 0 Å². The van der Waals surface area contributed by atoms with Gasteiger partial charge in [0.2, 0.25) is 5.91 Å². The molecule has 4 N–H and O–H groups in total. The maximum Gasteiger partial charge on any atom is 0.276 e. The van der Waals surface area contributed by atoms with E-state index in [0.29, 0.717) is 38.8 Å². The van der Waals surface area contributed by atoms with Gasteiger partial charge < -0.3 is 16.4 Å². The first-order valence-electron chi connectivity index (χ1n) is 11.6. The van der Waals surface area contributed by atoms with Crippen molar-refractivity contribution < 1.29 is 14.4 Å². The first kappa shape index (κ1) is 26.1. The maximum atomic E-state index is 13.3. The normalized spacial score (nSPS) is 10.4. The van der Waals surface area contributed by atoms with Gasteiger partial charge in [-0.05, 0) is 67.6 Å². The van der Waals surface area contributed by atoms with Crippen molar-refractivity contribution in [2.45, 2.75) is 13.3 Å². The number of nitrogens with one attached hydrogen (secondary N) is 2. The Bertz CT molecular complexity index is 1550. The van der Waals surface area contributed by atoms with E-state index in [9.17, 15) is 19.6 Å². The van der Waals surface area contributed by atoms with Crippen molar-refractivity contribution in [3.05, 3.63) is 100 Å². The van der Waals surface area contributed by atoms with Crippen LogP contribution in [-0.2, 0) is 4.79 Å². The van der Waals surface area contributed by atoms with Gasteiger partial charge in [0.1, 0.15) is 0 Å². The highest BCUT2D eigenvalue weighted by atomic mass is 35.5. The van der Waals surface area contributed by atoms with Gasteiger partial charge in [-0.3, -0.25) is 14.4 Å². The van der Waals surface area contributed by atoms with E-state index >= 15 is 0 Å². The zero-order valence-electron chi connectivity index (χ0n) is 20.4. The number of hydrogen-bond donors (Lipinski definition) is 3. The highest BCUT2D eigenvalue weighted by Crippen LogP contribution is 2.30. The molecule has 0 fully saturated rings. The van der Waals surface area contributed by atoms with Crippen molar-refractivity contribution in [1.29, 1.82) is 5.26 Å². The van der Waals surface area contributed by atoms with Crippen LogP contribution in [0.15, 0.2) is 72.8 Å².